The molecule has 7 heteroatoms. The van der Waals surface area contributed by atoms with Gasteiger partial charge in [-0.3, -0.25) is 4.72 Å². The van der Waals surface area contributed by atoms with Gasteiger partial charge in [0.1, 0.15) is 5.82 Å². The lowest BCUT2D eigenvalue weighted by atomic mass is 10.2. The molecule has 2 rings (SSSR count). The van der Waals surface area contributed by atoms with E-state index in [9.17, 15) is 13.2 Å². The molecule has 1 heterocycles. The number of aromatic carboxylic acids is 1. The number of nitrogens with one attached hydrogen (secondary N) is 1. The van der Waals surface area contributed by atoms with E-state index in [0.717, 1.165) is 0 Å². The molecule has 0 saturated heterocycles. The molecule has 6 nitrogen and oxygen atoms in total. The molecular weight excluding hydrogens is 280 g/mol. The predicted molar refractivity (Wildman–Crippen MR) is 73.2 cm³/mol. The van der Waals surface area contributed by atoms with Crippen molar-refractivity contribution < 1.29 is 18.3 Å². The highest BCUT2D eigenvalue weighted by atomic mass is 32.2. The summed E-state index contributed by atoms with van der Waals surface area (Å²) < 4.78 is 26.5. The third-order valence-corrected chi connectivity index (χ3v) is 3.91. The highest BCUT2D eigenvalue weighted by molar-refractivity contribution is 7.92. The van der Waals surface area contributed by atoms with Gasteiger partial charge in [-0.1, -0.05) is 6.07 Å². The first-order chi connectivity index (χ1) is 9.38. The van der Waals surface area contributed by atoms with Crippen molar-refractivity contribution in [3.63, 3.8) is 0 Å². The molecule has 0 aliphatic carbocycles. The van der Waals surface area contributed by atoms with Gasteiger partial charge in [0.15, 0.2) is 0 Å². The van der Waals surface area contributed by atoms with Gasteiger partial charge < -0.3 is 5.11 Å². The molecule has 0 amide bonds. The fraction of sp³-hybridized carbons (Fsp3) is 0.0769. The van der Waals surface area contributed by atoms with Gasteiger partial charge in [-0.25, -0.2) is 18.2 Å². The van der Waals surface area contributed by atoms with Crippen LogP contribution in [0.3, 0.4) is 0 Å². The molecular formula is C13H12N2O4S. The Balaban J connectivity index is 2.28. The van der Waals surface area contributed by atoms with Crippen molar-refractivity contribution in [1.29, 1.82) is 0 Å². The molecule has 0 aliphatic heterocycles. The summed E-state index contributed by atoms with van der Waals surface area (Å²) in [5.74, 6) is -0.894. The molecule has 2 aromatic rings. The zero-order valence-electron chi connectivity index (χ0n) is 10.6. The van der Waals surface area contributed by atoms with Crippen LogP contribution in [0.1, 0.15) is 16.1 Å². The van der Waals surface area contributed by atoms with Crippen LogP contribution in [0.15, 0.2) is 47.4 Å². The molecule has 0 radical (unpaired) electrons. The number of anilines is 1. The lowest BCUT2D eigenvalue weighted by Gasteiger charge is -2.08. The average molecular weight is 292 g/mol. The smallest absolute Gasteiger partial charge is 0.335 e. The first kappa shape index (κ1) is 14.0. The van der Waals surface area contributed by atoms with Gasteiger partial charge in [0.05, 0.1) is 10.5 Å². The Morgan fingerprint density at radius 2 is 1.80 bits per heavy atom. The molecule has 20 heavy (non-hydrogen) atoms. The van der Waals surface area contributed by atoms with Crippen LogP contribution in [0.5, 0.6) is 0 Å². The second kappa shape index (κ2) is 5.30. The van der Waals surface area contributed by atoms with Gasteiger partial charge in [-0.05, 0) is 43.3 Å². The van der Waals surface area contributed by atoms with E-state index in [4.69, 9.17) is 5.11 Å². The van der Waals surface area contributed by atoms with Gasteiger partial charge in [0.2, 0.25) is 0 Å². The van der Waals surface area contributed by atoms with Crippen LogP contribution < -0.4 is 4.72 Å². The Morgan fingerprint density at radius 1 is 1.15 bits per heavy atom. The number of carbonyl (C=O) groups is 1. The summed E-state index contributed by atoms with van der Waals surface area (Å²) in [5.41, 5.74) is 0.712. The molecule has 1 aromatic carbocycles. The van der Waals surface area contributed by atoms with E-state index in [0.29, 0.717) is 5.69 Å². The topological polar surface area (TPSA) is 96.4 Å². The number of rotatable bonds is 4. The summed E-state index contributed by atoms with van der Waals surface area (Å²) in [6.45, 7) is 1.75. The number of sulfonamides is 1. The van der Waals surface area contributed by atoms with Crippen LogP contribution in [-0.4, -0.2) is 24.5 Å². The SMILES string of the molecule is Cc1cccc(NS(=O)(=O)c2ccc(C(=O)O)cc2)n1. The number of pyridine rings is 1. The number of hydrogen-bond donors (Lipinski definition) is 2. The molecule has 0 aliphatic rings. The highest BCUT2D eigenvalue weighted by Crippen LogP contribution is 2.15. The molecule has 0 fully saturated rings. The first-order valence-corrected chi connectivity index (χ1v) is 7.17. The number of carboxylic acid groups (broad SMARTS) is 1. The lowest BCUT2D eigenvalue weighted by Crippen LogP contribution is -2.14. The molecule has 2 N–H and O–H groups in total. The number of benzene rings is 1. The third-order valence-electron chi connectivity index (χ3n) is 2.54. The second-order valence-electron chi connectivity index (χ2n) is 4.10. The molecule has 0 bridgehead atoms. The Labute approximate surface area is 116 Å². The molecule has 104 valence electrons. The summed E-state index contributed by atoms with van der Waals surface area (Å²) in [4.78, 5) is 14.7. The minimum Gasteiger partial charge on any atom is -0.478 e. The standard InChI is InChI=1S/C13H12N2O4S/c1-9-3-2-4-12(14-9)15-20(18,19)11-7-5-10(6-8-11)13(16)17/h2-8H,1H3,(H,14,15)(H,16,17). The van der Waals surface area contributed by atoms with E-state index < -0.39 is 16.0 Å². The Hall–Kier alpha value is -2.41. The summed E-state index contributed by atoms with van der Waals surface area (Å²) in [6, 6.07) is 9.92. The fourth-order valence-electron chi connectivity index (χ4n) is 1.57. The Bertz CT molecular complexity index is 739. The minimum absolute atomic E-state index is 0.0224. The molecule has 0 spiro atoms. The summed E-state index contributed by atoms with van der Waals surface area (Å²) >= 11 is 0. The largest absolute Gasteiger partial charge is 0.478 e. The molecule has 0 atom stereocenters. The zero-order valence-corrected chi connectivity index (χ0v) is 11.4. The quantitative estimate of drug-likeness (QED) is 0.897. The predicted octanol–water partition coefficient (Wildman–Crippen LogP) is 1.89. The first-order valence-electron chi connectivity index (χ1n) is 5.68. The van der Waals surface area contributed by atoms with Crippen molar-refractivity contribution in [2.24, 2.45) is 0 Å². The third kappa shape index (κ3) is 3.12. The monoisotopic (exact) mass is 292 g/mol. The normalized spacial score (nSPS) is 11.1. The highest BCUT2D eigenvalue weighted by Gasteiger charge is 2.15. The van der Waals surface area contributed by atoms with Crippen molar-refractivity contribution in [3.05, 3.63) is 53.7 Å². The van der Waals surface area contributed by atoms with Gasteiger partial charge in [0.25, 0.3) is 10.0 Å². The lowest BCUT2D eigenvalue weighted by molar-refractivity contribution is 0.0696. The van der Waals surface area contributed by atoms with Gasteiger partial charge in [-0.15, -0.1) is 0 Å². The number of aromatic nitrogens is 1. The van der Waals surface area contributed by atoms with Gasteiger partial charge in [-0.2, -0.15) is 0 Å². The van der Waals surface area contributed by atoms with Crippen molar-refractivity contribution in [3.8, 4) is 0 Å². The van der Waals surface area contributed by atoms with Crippen LogP contribution >= 0.6 is 0 Å². The second-order valence-corrected chi connectivity index (χ2v) is 5.78. The number of hydrogen-bond acceptors (Lipinski definition) is 4. The van der Waals surface area contributed by atoms with E-state index in [-0.39, 0.29) is 16.3 Å². The molecule has 0 unspecified atom stereocenters. The van der Waals surface area contributed by atoms with Gasteiger partial charge in [0, 0.05) is 5.69 Å². The van der Waals surface area contributed by atoms with Crippen molar-refractivity contribution in [1.82, 2.24) is 4.98 Å². The summed E-state index contributed by atoms with van der Waals surface area (Å²) in [7, 11) is -3.78. The maximum absolute atomic E-state index is 12.1. The van der Waals surface area contributed by atoms with E-state index in [1.165, 1.54) is 30.3 Å². The number of nitrogens with zero attached hydrogens (tertiary/aromatic N) is 1. The van der Waals surface area contributed by atoms with E-state index in [2.05, 4.69) is 9.71 Å². The number of carboxylic acids is 1. The van der Waals surface area contributed by atoms with Crippen molar-refractivity contribution in [2.45, 2.75) is 11.8 Å². The number of aryl methyl sites for hydroxylation is 1. The van der Waals surface area contributed by atoms with E-state index in [1.807, 2.05) is 0 Å². The van der Waals surface area contributed by atoms with Crippen molar-refractivity contribution >= 4 is 21.8 Å². The summed E-state index contributed by atoms with van der Waals surface area (Å²) in [6.07, 6.45) is 0. The molecule has 1 aromatic heterocycles. The Kier molecular flexibility index (Phi) is 3.71. The van der Waals surface area contributed by atoms with Crippen LogP contribution in [0.25, 0.3) is 0 Å². The van der Waals surface area contributed by atoms with Crippen LogP contribution in [0.2, 0.25) is 0 Å². The minimum atomic E-state index is -3.78. The van der Waals surface area contributed by atoms with Crippen LogP contribution in [0, 0.1) is 6.92 Å². The summed E-state index contributed by atoms with van der Waals surface area (Å²) in [5, 5.41) is 8.77. The van der Waals surface area contributed by atoms with Crippen molar-refractivity contribution in [2.75, 3.05) is 4.72 Å². The maximum atomic E-state index is 12.1. The van der Waals surface area contributed by atoms with Crippen LogP contribution in [0.4, 0.5) is 5.82 Å². The van der Waals surface area contributed by atoms with E-state index >= 15 is 0 Å². The van der Waals surface area contributed by atoms with Crippen LogP contribution in [-0.2, 0) is 10.0 Å². The molecule has 0 saturated carbocycles. The van der Waals surface area contributed by atoms with E-state index in [1.54, 1.807) is 19.1 Å². The Morgan fingerprint density at radius 3 is 2.35 bits per heavy atom. The van der Waals surface area contributed by atoms with Gasteiger partial charge >= 0.3 is 5.97 Å². The zero-order chi connectivity index (χ0) is 14.8. The fourth-order valence-corrected chi connectivity index (χ4v) is 2.57. The average Bonchev–Trinajstić information content (AvgIpc) is 2.38. The maximum Gasteiger partial charge on any atom is 0.335 e.